The van der Waals surface area contributed by atoms with Gasteiger partial charge in [-0.3, -0.25) is 0 Å². The number of nitrogens with two attached hydrogens (primary N) is 1. The highest BCUT2D eigenvalue weighted by Gasteiger charge is 2.13. The molecule has 0 aromatic heterocycles. The minimum absolute atomic E-state index is 0. The molecule has 1 atom stereocenters. The summed E-state index contributed by atoms with van der Waals surface area (Å²) in [6.45, 7) is 2.17. The lowest BCUT2D eigenvalue weighted by molar-refractivity contribution is 0.581. The van der Waals surface area contributed by atoms with Crippen LogP contribution in [0.5, 0.6) is 0 Å². The maximum atomic E-state index is 6.07. The number of unbranched alkanes of at least 4 members (excludes halogenated alkanes) is 2. The molecule has 1 aromatic rings. The van der Waals surface area contributed by atoms with E-state index in [1.807, 2.05) is 18.2 Å². The third-order valence-corrected chi connectivity index (χ3v) is 3.15. The van der Waals surface area contributed by atoms with E-state index in [0.29, 0.717) is 10.0 Å². The Morgan fingerprint density at radius 2 is 1.75 bits per heavy atom. The van der Waals surface area contributed by atoms with Gasteiger partial charge in [-0.1, -0.05) is 55.5 Å². The molecule has 0 unspecified atom stereocenters. The zero-order valence-electron chi connectivity index (χ0n) is 9.38. The van der Waals surface area contributed by atoms with Gasteiger partial charge in [0.05, 0.1) is 0 Å². The van der Waals surface area contributed by atoms with E-state index in [0.717, 1.165) is 18.4 Å². The van der Waals surface area contributed by atoms with Gasteiger partial charge in [-0.25, -0.2) is 0 Å². The third kappa shape index (κ3) is 4.50. The molecule has 0 bridgehead atoms. The van der Waals surface area contributed by atoms with E-state index < -0.39 is 0 Å². The summed E-state index contributed by atoms with van der Waals surface area (Å²) in [6.07, 6.45) is 4.47. The fourth-order valence-corrected chi connectivity index (χ4v) is 2.30. The summed E-state index contributed by atoms with van der Waals surface area (Å²) in [4.78, 5) is 0. The highest BCUT2D eigenvalue weighted by Crippen LogP contribution is 2.31. The maximum absolute atomic E-state index is 6.07. The van der Waals surface area contributed by atoms with Gasteiger partial charge in [0.25, 0.3) is 0 Å². The molecule has 0 aliphatic heterocycles. The van der Waals surface area contributed by atoms with Crippen LogP contribution < -0.4 is 5.73 Å². The van der Waals surface area contributed by atoms with Gasteiger partial charge < -0.3 is 5.73 Å². The van der Waals surface area contributed by atoms with Gasteiger partial charge in [-0.15, -0.1) is 12.4 Å². The Morgan fingerprint density at radius 1 is 1.19 bits per heavy atom. The van der Waals surface area contributed by atoms with Crippen LogP contribution >= 0.6 is 35.6 Å². The van der Waals surface area contributed by atoms with Crippen molar-refractivity contribution < 1.29 is 0 Å². The Balaban J connectivity index is 0.00000225. The van der Waals surface area contributed by atoms with Crippen LogP contribution in [0, 0.1) is 0 Å². The average Bonchev–Trinajstić information content (AvgIpc) is 2.18. The molecule has 0 saturated carbocycles. The van der Waals surface area contributed by atoms with Crippen molar-refractivity contribution in [2.24, 2.45) is 5.73 Å². The Labute approximate surface area is 114 Å². The summed E-state index contributed by atoms with van der Waals surface area (Å²) >= 11 is 12.1. The van der Waals surface area contributed by atoms with Crippen molar-refractivity contribution in [2.75, 3.05) is 0 Å². The predicted molar refractivity (Wildman–Crippen MR) is 74.8 cm³/mol. The van der Waals surface area contributed by atoms with Gasteiger partial charge in [0.1, 0.15) is 0 Å². The van der Waals surface area contributed by atoms with Crippen molar-refractivity contribution in [1.29, 1.82) is 0 Å². The molecule has 1 rings (SSSR count). The molecule has 0 radical (unpaired) electrons. The van der Waals surface area contributed by atoms with Crippen molar-refractivity contribution in [2.45, 2.75) is 38.6 Å². The van der Waals surface area contributed by atoms with Crippen LogP contribution in [0.15, 0.2) is 18.2 Å². The summed E-state index contributed by atoms with van der Waals surface area (Å²) in [7, 11) is 0. The molecule has 0 amide bonds. The monoisotopic (exact) mass is 281 g/mol. The molecular weight excluding hydrogens is 264 g/mol. The molecule has 1 aromatic carbocycles. The van der Waals surface area contributed by atoms with Gasteiger partial charge in [0.15, 0.2) is 0 Å². The number of hydrogen-bond donors (Lipinski definition) is 1. The first-order chi connectivity index (χ1) is 7.16. The van der Waals surface area contributed by atoms with E-state index in [9.17, 15) is 0 Å². The van der Waals surface area contributed by atoms with Crippen molar-refractivity contribution in [3.63, 3.8) is 0 Å². The maximum Gasteiger partial charge on any atom is 0.0468 e. The van der Waals surface area contributed by atoms with E-state index in [1.54, 1.807) is 0 Å². The Bertz CT molecular complexity index is 295. The van der Waals surface area contributed by atoms with Crippen molar-refractivity contribution in [3.8, 4) is 0 Å². The average molecular weight is 283 g/mol. The summed E-state index contributed by atoms with van der Waals surface area (Å²) in [6, 6.07) is 5.47. The number of halogens is 3. The fourth-order valence-electron chi connectivity index (χ4n) is 1.62. The lowest BCUT2D eigenvalue weighted by Crippen LogP contribution is -2.11. The minimum atomic E-state index is -0.0438. The second-order valence-corrected chi connectivity index (χ2v) is 4.55. The van der Waals surface area contributed by atoms with Gasteiger partial charge in [0, 0.05) is 21.7 Å². The quantitative estimate of drug-likeness (QED) is 0.756. The molecule has 2 N–H and O–H groups in total. The molecule has 4 heteroatoms. The molecular formula is C12H18Cl3N. The van der Waals surface area contributed by atoms with Gasteiger partial charge in [-0.05, 0) is 18.6 Å². The van der Waals surface area contributed by atoms with E-state index in [2.05, 4.69) is 6.92 Å². The molecule has 0 heterocycles. The van der Waals surface area contributed by atoms with E-state index in [-0.39, 0.29) is 18.4 Å². The molecule has 0 fully saturated rings. The van der Waals surface area contributed by atoms with Crippen molar-refractivity contribution in [1.82, 2.24) is 0 Å². The van der Waals surface area contributed by atoms with Gasteiger partial charge in [0.2, 0.25) is 0 Å². The van der Waals surface area contributed by atoms with Crippen LogP contribution in [0.25, 0.3) is 0 Å². The van der Waals surface area contributed by atoms with E-state index in [4.69, 9.17) is 28.9 Å². The van der Waals surface area contributed by atoms with Crippen LogP contribution in [-0.2, 0) is 0 Å². The Kier molecular flexibility index (Phi) is 8.21. The first kappa shape index (κ1) is 16.1. The van der Waals surface area contributed by atoms with Crippen LogP contribution in [0.1, 0.15) is 44.2 Å². The third-order valence-electron chi connectivity index (χ3n) is 2.49. The topological polar surface area (TPSA) is 26.0 Å². The van der Waals surface area contributed by atoms with Gasteiger partial charge in [-0.2, -0.15) is 0 Å². The lowest BCUT2D eigenvalue weighted by Gasteiger charge is -2.14. The SMILES string of the molecule is CCCCC[C@@H](N)c1c(Cl)cccc1Cl.Cl. The number of rotatable bonds is 5. The van der Waals surface area contributed by atoms with Crippen molar-refractivity contribution in [3.05, 3.63) is 33.8 Å². The molecule has 0 aliphatic rings. The second kappa shape index (κ2) is 8.19. The minimum Gasteiger partial charge on any atom is -0.324 e. The molecule has 92 valence electrons. The van der Waals surface area contributed by atoms with Crippen LogP contribution in [0.4, 0.5) is 0 Å². The smallest absolute Gasteiger partial charge is 0.0468 e. The number of benzene rings is 1. The lowest BCUT2D eigenvalue weighted by atomic mass is 10.0. The first-order valence-electron chi connectivity index (χ1n) is 5.36. The highest BCUT2D eigenvalue weighted by atomic mass is 35.5. The predicted octanol–water partition coefficient (Wildman–Crippen LogP) is 5.00. The Morgan fingerprint density at radius 3 is 2.25 bits per heavy atom. The summed E-state index contributed by atoms with van der Waals surface area (Å²) in [5, 5.41) is 1.35. The van der Waals surface area contributed by atoms with Gasteiger partial charge >= 0.3 is 0 Å². The fraction of sp³-hybridized carbons (Fsp3) is 0.500. The number of hydrogen-bond acceptors (Lipinski definition) is 1. The zero-order valence-corrected chi connectivity index (χ0v) is 11.7. The second-order valence-electron chi connectivity index (χ2n) is 3.74. The zero-order chi connectivity index (χ0) is 11.3. The van der Waals surface area contributed by atoms with E-state index >= 15 is 0 Å². The largest absolute Gasteiger partial charge is 0.324 e. The standard InChI is InChI=1S/C12H17Cl2N.ClH/c1-2-3-4-8-11(15)12-9(13)6-5-7-10(12)14;/h5-7,11H,2-4,8,15H2,1H3;1H/t11-;/m1./s1. The van der Waals surface area contributed by atoms with Crippen LogP contribution in [0.2, 0.25) is 10.0 Å². The van der Waals surface area contributed by atoms with Crippen LogP contribution in [-0.4, -0.2) is 0 Å². The molecule has 0 saturated heterocycles. The summed E-state index contributed by atoms with van der Waals surface area (Å²) < 4.78 is 0. The first-order valence-corrected chi connectivity index (χ1v) is 6.12. The molecule has 1 nitrogen and oxygen atoms in total. The molecule has 16 heavy (non-hydrogen) atoms. The Hall–Kier alpha value is 0.0500. The van der Waals surface area contributed by atoms with E-state index in [1.165, 1.54) is 12.8 Å². The normalized spacial score (nSPS) is 12.0. The van der Waals surface area contributed by atoms with Crippen molar-refractivity contribution >= 4 is 35.6 Å². The molecule has 0 aliphatic carbocycles. The molecule has 0 spiro atoms. The highest BCUT2D eigenvalue weighted by molar-refractivity contribution is 6.36. The summed E-state index contributed by atoms with van der Waals surface area (Å²) in [5.74, 6) is 0. The van der Waals surface area contributed by atoms with Crippen LogP contribution in [0.3, 0.4) is 0 Å². The summed E-state index contributed by atoms with van der Waals surface area (Å²) in [5.41, 5.74) is 6.95.